The number of nitrogens with zero attached hydrogens (tertiary/aromatic N) is 5. The van der Waals surface area contributed by atoms with E-state index in [4.69, 9.17) is 14.6 Å². The van der Waals surface area contributed by atoms with Gasteiger partial charge in [0, 0.05) is 83.2 Å². The number of para-hydroxylation sites is 1. The Hall–Kier alpha value is -4.65. The van der Waals surface area contributed by atoms with E-state index in [9.17, 15) is 14.7 Å². The van der Waals surface area contributed by atoms with Gasteiger partial charge in [0.2, 0.25) is 5.91 Å². The van der Waals surface area contributed by atoms with Crippen molar-refractivity contribution < 1.29 is 24.3 Å². The molecule has 1 aliphatic heterocycles. The fourth-order valence-electron chi connectivity index (χ4n) is 9.91. The van der Waals surface area contributed by atoms with Crippen molar-refractivity contribution in [3.63, 3.8) is 0 Å². The third-order valence-corrected chi connectivity index (χ3v) is 13.3. The van der Waals surface area contributed by atoms with E-state index in [0.717, 1.165) is 46.7 Å². The summed E-state index contributed by atoms with van der Waals surface area (Å²) in [6.45, 7) is 9.71. The number of ether oxygens (including phenoxy) is 1. The van der Waals surface area contributed by atoms with Crippen LogP contribution in [-0.2, 0) is 22.6 Å². The Kier molecular flexibility index (Phi) is 13.6. The molecule has 320 valence electrons. The zero-order chi connectivity index (χ0) is 42.8. The maximum atomic E-state index is 14.7. The highest BCUT2D eigenvalue weighted by molar-refractivity contribution is 5.97. The Labute approximate surface area is 351 Å². The van der Waals surface area contributed by atoms with E-state index >= 15 is 0 Å². The standard InChI is InChI=1S/C47H67N7O5/c1-29-38-25-35(47(38,3)4)26-39(29)50-45(57)42-41(30(2)55)40(27-49-46(52(7)8)53(9)10)59-54(42)28-32-18-15-19-37(43(32)58-11)33-22-34(24-36(23-33)51(5)6)44(56)48-21-20-31-16-13-12-14-17-31/h12-19,22-24,29-30,35,38-42,55H,20-21,25-28H2,1-11H3,(H,48,56)(H,50,57)/t29-,30-,35-,38+,39-,40-,41+,42-/m0/s1. The van der Waals surface area contributed by atoms with E-state index in [1.165, 1.54) is 6.42 Å². The monoisotopic (exact) mass is 810 g/mol. The summed E-state index contributed by atoms with van der Waals surface area (Å²) in [6, 6.07) is 21.1. The van der Waals surface area contributed by atoms with Crippen LogP contribution in [0.3, 0.4) is 0 Å². The Bertz CT molecular complexity index is 1950. The van der Waals surface area contributed by atoms with Gasteiger partial charge < -0.3 is 35.2 Å². The van der Waals surface area contributed by atoms with Gasteiger partial charge in [-0.3, -0.25) is 19.4 Å². The van der Waals surface area contributed by atoms with Gasteiger partial charge >= 0.3 is 0 Å². The Morgan fingerprint density at radius 1 is 1.00 bits per heavy atom. The molecular formula is C47H67N7O5. The van der Waals surface area contributed by atoms with E-state index < -0.39 is 24.2 Å². The number of guanidine groups is 1. The molecule has 0 spiro atoms. The van der Waals surface area contributed by atoms with Crippen LogP contribution in [0.15, 0.2) is 71.7 Å². The number of aliphatic hydroxyl groups excluding tert-OH is 1. The summed E-state index contributed by atoms with van der Waals surface area (Å²) in [4.78, 5) is 45.8. The fourth-order valence-corrected chi connectivity index (χ4v) is 9.91. The molecular weight excluding hydrogens is 743 g/mol. The third kappa shape index (κ3) is 9.40. The van der Waals surface area contributed by atoms with Crippen molar-refractivity contribution in [1.82, 2.24) is 25.5 Å². The second-order valence-electron chi connectivity index (χ2n) is 18.1. The number of methoxy groups -OCH3 is 1. The molecule has 1 heterocycles. The lowest BCUT2D eigenvalue weighted by Gasteiger charge is -2.62. The first-order valence-corrected chi connectivity index (χ1v) is 21.1. The molecule has 12 nitrogen and oxygen atoms in total. The highest BCUT2D eigenvalue weighted by Gasteiger charge is 2.57. The second-order valence-corrected chi connectivity index (χ2v) is 18.1. The lowest BCUT2D eigenvalue weighted by Crippen LogP contribution is -2.62. The molecule has 0 aromatic heterocycles. The number of fused-ring (bicyclic) bond motifs is 2. The highest BCUT2D eigenvalue weighted by Crippen LogP contribution is 2.61. The van der Waals surface area contributed by atoms with E-state index in [-0.39, 0.29) is 36.4 Å². The molecule has 12 heteroatoms. The number of anilines is 1. The van der Waals surface area contributed by atoms with E-state index in [2.05, 4.69) is 43.5 Å². The summed E-state index contributed by atoms with van der Waals surface area (Å²) in [6.07, 6.45) is 1.47. The van der Waals surface area contributed by atoms with E-state index in [0.29, 0.717) is 35.6 Å². The van der Waals surface area contributed by atoms with Crippen LogP contribution in [-0.4, -0.2) is 125 Å². The predicted molar refractivity (Wildman–Crippen MR) is 235 cm³/mol. The van der Waals surface area contributed by atoms with Crippen molar-refractivity contribution in [2.45, 2.75) is 77.8 Å². The van der Waals surface area contributed by atoms with Crippen LogP contribution >= 0.6 is 0 Å². The lowest BCUT2D eigenvalue weighted by atomic mass is 9.45. The van der Waals surface area contributed by atoms with Crippen LogP contribution in [0, 0.1) is 29.1 Å². The third-order valence-electron chi connectivity index (χ3n) is 13.3. The molecule has 3 N–H and O–H groups in total. The maximum absolute atomic E-state index is 14.7. The second kappa shape index (κ2) is 18.3. The van der Waals surface area contributed by atoms with Gasteiger partial charge in [-0.05, 0) is 78.7 Å². The molecule has 3 aromatic carbocycles. The van der Waals surface area contributed by atoms with Gasteiger partial charge in [0.1, 0.15) is 17.9 Å². The summed E-state index contributed by atoms with van der Waals surface area (Å²) in [5.41, 5.74) is 5.29. The van der Waals surface area contributed by atoms with Gasteiger partial charge in [-0.2, -0.15) is 5.06 Å². The largest absolute Gasteiger partial charge is 0.496 e. The quantitative estimate of drug-likeness (QED) is 0.142. The van der Waals surface area contributed by atoms with Gasteiger partial charge in [-0.25, -0.2) is 0 Å². The number of benzene rings is 3. The molecule has 0 unspecified atom stereocenters. The zero-order valence-corrected chi connectivity index (χ0v) is 37.0. The summed E-state index contributed by atoms with van der Waals surface area (Å²) in [5, 5.41) is 19.7. The Balaban J connectivity index is 1.31. The van der Waals surface area contributed by atoms with E-state index in [1.54, 1.807) is 19.1 Å². The summed E-state index contributed by atoms with van der Waals surface area (Å²) < 4.78 is 6.18. The molecule has 8 atom stereocenters. The van der Waals surface area contributed by atoms with E-state index in [1.807, 2.05) is 112 Å². The predicted octanol–water partition coefficient (Wildman–Crippen LogP) is 5.55. The minimum absolute atomic E-state index is 0.0495. The number of amides is 2. The molecule has 1 saturated heterocycles. The normalized spacial score (nSPS) is 25.0. The molecule has 3 saturated carbocycles. The van der Waals surface area contributed by atoms with Gasteiger partial charge in [0.05, 0.1) is 26.3 Å². The van der Waals surface area contributed by atoms with Crippen LogP contribution in [0.4, 0.5) is 5.69 Å². The minimum atomic E-state index is -0.853. The van der Waals surface area contributed by atoms with Gasteiger partial charge in [0.15, 0.2) is 5.96 Å². The smallest absolute Gasteiger partial charge is 0.251 e. The molecule has 3 aliphatic carbocycles. The number of aliphatic imine (C=N–C) groups is 1. The molecule has 0 radical (unpaired) electrons. The molecule has 3 aromatic rings. The summed E-state index contributed by atoms with van der Waals surface area (Å²) >= 11 is 0. The van der Waals surface area contributed by atoms with Gasteiger partial charge in [-0.15, -0.1) is 0 Å². The van der Waals surface area contributed by atoms with Crippen molar-refractivity contribution in [1.29, 1.82) is 0 Å². The number of aliphatic hydroxyl groups is 1. The average molecular weight is 810 g/mol. The molecule has 2 amide bonds. The first-order chi connectivity index (χ1) is 28.0. The van der Waals surface area contributed by atoms with Crippen molar-refractivity contribution in [2.24, 2.45) is 34.1 Å². The number of rotatable bonds is 14. The number of nitrogens with one attached hydrogen (secondary N) is 2. The van der Waals surface area contributed by atoms with Crippen LogP contribution in [0.5, 0.6) is 5.75 Å². The topological polar surface area (TPSA) is 122 Å². The Morgan fingerprint density at radius 3 is 2.32 bits per heavy atom. The number of hydrogen-bond acceptors (Lipinski definition) is 8. The van der Waals surface area contributed by atoms with Crippen LogP contribution in [0.25, 0.3) is 11.1 Å². The number of carbonyl (C=O) groups is 2. The van der Waals surface area contributed by atoms with Crippen molar-refractivity contribution in [2.75, 3.05) is 67.4 Å². The first-order valence-electron chi connectivity index (χ1n) is 21.1. The molecule has 4 fully saturated rings. The lowest BCUT2D eigenvalue weighted by molar-refractivity contribution is -0.175. The van der Waals surface area contributed by atoms with Crippen molar-refractivity contribution in [3.05, 3.63) is 83.4 Å². The minimum Gasteiger partial charge on any atom is -0.496 e. The fraction of sp³-hybridized carbons (Fsp3) is 0.553. The molecule has 4 aliphatic rings. The van der Waals surface area contributed by atoms with Crippen molar-refractivity contribution >= 4 is 23.5 Å². The van der Waals surface area contributed by atoms with Crippen LogP contribution < -0.4 is 20.3 Å². The summed E-state index contributed by atoms with van der Waals surface area (Å²) in [7, 11) is 13.3. The Morgan fingerprint density at radius 2 is 1.71 bits per heavy atom. The molecule has 2 bridgehead atoms. The maximum Gasteiger partial charge on any atom is 0.251 e. The molecule has 7 rings (SSSR count). The average Bonchev–Trinajstić information content (AvgIpc) is 3.56. The van der Waals surface area contributed by atoms with Crippen molar-refractivity contribution in [3.8, 4) is 16.9 Å². The number of hydrogen-bond donors (Lipinski definition) is 3. The first kappa shape index (κ1) is 43.9. The van der Waals surface area contributed by atoms with Gasteiger partial charge in [0.25, 0.3) is 5.91 Å². The SMILES string of the molecule is COc1c(CN2O[C@@H](CN=C(N(C)C)N(C)C)[C@@H]([C@H](C)O)[C@H]2C(=O)N[C@H]2C[C@@H]3C[C@H]([C@@H]2C)C3(C)C)cccc1-c1cc(C(=O)NCCc2ccccc2)cc(N(C)C)c1. The van der Waals surface area contributed by atoms with Crippen LogP contribution in [0.1, 0.15) is 62.0 Å². The zero-order valence-electron chi connectivity index (χ0n) is 37.0. The number of hydroxylamine groups is 2. The highest BCUT2D eigenvalue weighted by atomic mass is 16.7. The van der Waals surface area contributed by atoms with Gasteiger partial charge in [-0.1, -0.05) is 69.3 Å². The molecule has 59 heavy (non-hydrogen) atoms. The number of carbonyl (C=O) groups excluding carboxylic acids is 2. The summed E-state index contributed by atoms with van der Waals surface area (Å²) in [5.74, 6) is 2.00. The van der Waals surface area contributed by atoms with Crippen LogP contribution in [0.2, 0.25) is 0 Å².